The molecule has 3 aromatic rings. The molecule has 134 valence electrons. The zero-order chi connectivity index (χ0) is 19.0. The molecule has 4 rings (SSSR count). The number of hydrogen-bond donors (Lipinski definition) is 1. The Morgan fingerprint density at radius 2 is 1.74 bits per heavy atom. The Bertz CT molecular complexity index is 1070. The van der Waals surface area contributed by atoms with Crippen LogP contribution in [0.1, 0.15) is 5.69 Å². The summed E-state index contributed by atoms with van der Waals surface area (Å²) in [4.78, 5) is 26.2. The second kappa shape index (κ2) is 7.21. The highest BCUT2D eigenvalue weighted by molar-refractivity contribution is 14.1. The van der Waals surface area contributed by atoms with Crippen molar-refractivity contribution >= 4 is 57.9 Å². The fraction of sp³-hybridized carbons (Fsp3) is 0. The lowest BCUT2D eigenvalue weighted by Gasteiger charge is -2.11. The normalized spacial score (nSPS) is 15.5. The van der Waals surface area contributed by atoms with E-state index >= 15 is 0 Å². The van der Waals surface area contributed by atoms with E-state index in [1.807, 2.05) is 47.2 Å². The standard InChI is InChI=1S/C20H13ClIN3O2/c21-13-3-1-4-17(11-13)25-19(26)18(23-20(25)27)12-16-5-2-10-24(16)15-8-6-14(22)7-9-15/h1-12H,(H,23,27). The summed E-state index contributed by atoms with van der Waals surface area (Å²) >= 11 is 8.23. The van der Waals surface area contributed by atoms with Gasteiger partial charge in [0.25, 0.3) is 5.91 Å². The average molecular weight is 490 g/mol. The molecule has 2 aromatic carbocycles. The summed E-state index contributed by atoms with van der Waals surface area (Å²) < 4.78 is 3.09. The van der Waals surface area contributed by atoms with Gasteiger partial charge in [-0.15, -0.1) is 0 Å². The number of nitrogens with one attached hydrogen (secondary N) is 1. The summed E-state index contributed by atoms with van der Waals surface area (Å²) in [7, 11) is 0. The van der Waals surface area contributed by atoms with Crippen molar-refractivity contribution in [2.75, 3.05) is 4.90 Å². The van der Waals surface area contributed by atoms with Gasteiger partial charge in [-0.2, -0.15) is 0 Å². The van der Waals surface area contributed by atoms with Gasteiger partial charge < -0.3 is 9.88 Å². The Labute approximate surface area is 174 Å². The Morgan fingerprint density at radius 3 is 2.48 bits per heavy atom. The van der Waals surface area contributed by atoms with Gasteiger partial charge in [0, 0.05) is 26.2 Å². The lowest BCUT2D eigenvalue weighted by atomic mass is 10.2. The van der Waals surface area contributed by atoms with Crippen molar-refractivity contribution in [3.8, 4) is 5.69 Å². The number of imide groups is 1. The Hall–Kier alpha value is -2.58. The molecule has 0 unspecified atom stereocenters. The lowest BCUT2D eigenvalue weighted by molar-refractivity contribution is -0.113. The molecule has 0 atom stereocenters. The molecule has 1 aromatic heterocycles. The third kappa shape index (κ3) is 3.50. The van der Waals surface area contributed by atoms with Crippen LogP contribution in [0, 0.1) is 3.57 Å². The van der Waals surface area contributed by atoms with Crippen LogP contribution in [0.5, 0.6) is 0 Å². The van der Waals surface area contributed by atoms with Gasteiger partial charge >= 0.3 is 6.03 Å². The number of urea groups is 1. The highest BCUT2D eigenvalue weighted by Crippen LogP contribution is 2.25. The maximum atomic E-state index is 12.8. The maximum Gasteiger partial charge on any atom is 0.333 e. The summed E-state index contributed by atoms with van der Waals surface area (Å²) in [5.41, 5.74) is 2.40. The quantitative estimate of drug-likeness (QED) is 0.325. The monoisotopic (exact) mass is 489 g/mol. The summed E-state index contributed by atoms with van der Waals surface area (Å²) in [6.07, 6.45) is 3.58. The van der Waals surface area contributed by atoms with Crippen LogP contribution in [0.4, 0.5) is 10.5 Å². The van der Waals surface area contributed by atoms with E-state index in [1.165, 1.54) is 0 Å². The van der Waals surface area contributed by atoms with E-state index in [0.717, 1.165) is 19.9 Å². The number of amides is 3. The van der Waals surface area contributed by atoms with E-state index in [9.17, 15) is 9.59 Å². The summed E-state index contributed by atoms with van der Waals surface area (Å²) in [6, 6.07) is 17.9. The molecule has 1 saturated heterocycles. The predicted molar refractivity (Wildman–Crippen MR) is 114 cm³/mol. The van der Waals surface area contributed by atoms with Crippen LogP contribution < -0.4 is 10.2 Å². The van der Waals surface area contributed by atoms with Crippen molar-refractivity contribution < 1.29 is 9.59 Å². The zero-order valence-corrected chi connectivity index (χ0v) is 16.8. The van der Waals surface area contributed by atoms with Crippen LogP contribution >= 0.6 is 34.2 Å². The average Bonchev–Trinajstić information content (AvgIpc) is 3.20. The molecule has 0 bridgehead atoms. The predicted octanol–water partition coefficient (Wildman–Crippen LogP) is 4.83. The van der Waals surface area contributed by atoms with Gasteiger partial charge in [0.15, 0.2) is 0 Å². The first-order valence-corrected chi connectivity index (χ1v) is 9.54. The molecule has 1 aliphatic heterocycles. The largest absolute Gasteiger partial charge is 0.333 e. The molecule has 5 nitrogen and oxygen atoms in total. The van der Waals surface area contributed by atoms with Gasteiger partial charge in [-0.05, 0) is 83.3 Å². The highest BCUT2D eigenvalue weighted by atomic mass is 127. The SMILES string of the molecule is O=C1NC(=Cc2cccn2-c2ccc(I)cc2)C(=O)N1c1cccc(Cl)c1. The van der Waals surface area contributed by atoms with E-state index in [0.29, 0.717) is 10.7 Å². The minimum absolute atomic E-state index is 0.213. The van der Waals surface area contributed by atoms with Crippen LogP contribution in [-0.2, 0) is 4.79 Å². The van der Waals surface area contributed by atoms with Crippen LogP contribution in [0.15, 0.2) is 72.6 Å². The van der Waals surface area contributed by atoms with E-state index < -0.39 is 11.9 Å². The third-order valence-corrected chi connectivity index (χ3v) is 5.08. The summed E-state index contributed by atoms with van der Waals surface area (Å²) in [5, 5.41) is 3.10. The number of carbonyl (C=O) groups excluding carboxylic acids is 2. The molecule has 0 spiro atoms. The van der Waals surface area contributed by atoms with Crippen molar-refractivity contribution in [2.45, 2.75) is 0 Å². The minimum Gasteiger partial charge on any atom is -0.317 e. The first-order valence-electron chi connectivity index (χ1n) is 8.09. The minimum atomic E-state index is -0.499. The third-order valence-electron chi connectivity index (χ3n) is 4.12. The van der Waals surface area contributed by atoms with Crippen LogP contribution in [-0.4, -0.2) is 16.5 Å². The van der Waals surface area contributed by atoms with Crippen molar-refractivity contribution in [2.24, 2.45) is 0 Å². The van der Waals surface area contributed by atoms with Gasteiger partial charge in [0.2, 0.25) is 0 Å². The number of nitrogens with zero attached hydrogens (tertiary/aromatic N) is 2. The van der Waals surface area contributed by atoms with Crippen molar-refractivity contribution in [3.63, 3.8) is 0 Å². The Balaban J connectivity index is 1.68. The molecular formula is C20H13ClIN3O2. The van der Waals surface area contributed by atoms with E-state index in [2.05, 4.69) is 27.9 Å². The fourth-order valence-electron chi connectivity index (χ4n) is 2.88. The second-order valence-electron chi connectivity index (χ2n) is 5.89. The number of hydrogen-bond acceptors (Lipinski definition) is 2. The molecule has 2 heterocycles. The molecule has 1 fully saturated rings. The Kier molecular flexibility index (Phi) is 4.75. The maximum absolute atomic E-state index is 12.8. The molecular weight excluding hydrogens is 477 g/mol. The topological polar surface area (TPSA) is 54.3 Å². The van der Waals surface area contributed by atoms with Gasteiger partial charge in [-0.3, -0.25) is 4.79 Å². The van der Waals surface area contributed by atoms with E-state index in [1.54, 1.807) is 30.3 Å². The number of anilines is 1. The van der Waals surface area contributed by atoms with Gasteiger partial charge in [-0.25, -0.2) is 9.69 Å². The molecule has 0 aliphatic carbocycles. The first kappa shape index (κ1) is 17.8. The highest BCUT2D eigenvalue weighted by Gasteiger charge is 2.35. The molecule has 3 amide bonds. The molecule has 27 heavy (non-hydrogen) atoms. The molecule has 1 aliphatic rings. The van der Waals surface area contributed by atoms with E-state index in [4.69, 9.17) is 11.6 Å². The molecule has 7 heteroatoms. The van der Waals surface area contributed by atoms with Crippen molar-refractivity contribution in [1.29, 1.82) is 0 Å². The smallest absolute Gasteiger partial charge is 0.317 e. The number of rotatable bonds is 3. The first-order chi connectivity index (χ1) is 13.0. The Morgan fingerprint density at radius 1 is 0.963 bits per heavy atom. The fourth-order valence-corrected chi connectivity index (χ4v) is 3.43. The lowest BCUT2D eigenvalue weighted by Crippen LogP contribution is -2.30. The van der Waals surface area contributed by atoms with Crippen molar-refractivity contribution in [3.05, 3.63) is 86.8 Å². The van der Waals surface area contributed by atoms with Crippen LogP contribution in [0.2, 0.25) is 5.02 Å². The summed E-state index contributed by atoms with van der Waals surface area (Å²) in [6.45, 7) is 0. The van der Waals surface area contributed by atoms with E-state index in [-0.39, 0.29) is 5.70 Å². The van der Waals surface area contributed by atoms with Crippen LogP contribution in [0.25, 0.3) is 11.8 Å². The zero-order valence-electron chi connectivity index (χ0n) is 13.9. The van der Waals surface area contributed by atoms with Crippen LogP contribution in [0.3, 0.4) is 0 Å². The molecule has 1 N–H and O–H groups in total. The number of carbonyl (C=O) groups is 2. The number of benzene rings is 2. The molecule has 0 saturated carbocycles. The molecule has 0 radical (unpaired) electrons. The van der Waals surface area contributed by atoms with Gasteiger partial charge in [0.1, 0.15) is 5.70 Å². The van der Waals surface area contributed by atoms with Gasteiger partial charge in [-0.1, -0.05) is 17.7 Å². The number of halogens is 2. The van der Waals surface area contributed by atoms with Gasteiger partial charge in [0.05, 0.1) is 5.69 Å². The second-order valence-corrected chi connectivity index (χ2v) is 7.57. The summed E-state index contributed by atoms with van der Waals surface area (Å²) in [5.74, 6) is -0.419. The van der Waals surface area contributed by atoms with Crippen molar-refractivity contribution in [1.82, 2.24) is 9.88 Å². The number of aromatic nitrogens is 1.